The molecule has 0 aromatic heterocycles. The zero-order valence-corrected chi connectivity index (χ0v) is 14.8. The van der Waals surface area contributed by atoms with E-state index in [2.05, 4.69) is 23.8 Å². The Hall–Kier alpha value is -2.31. The van der Waals surface area contributed by atoms with E-state index in [0.717, 1.165) is 0 Å². The number of hydrogen-bond donors (Lipinski definition) is 2. The average molecular weight is 338 g/mol. The highest BCUT2D eigenvalue weighted by molar-refractivity contribution is 5.87. The van der Waals surface area contributed by atoms with E-state index >= 15 is 0 Å². The summed E-state index contributed by atoms with van der Waals surface area (Å²) in [6.45, 7) is 14.1. The molecular formula is C17H30N4O3. The number of amides is 4. The van der Waals surface area contributed by atoms with Crippen molar-refractivity contribution in [3.63, 3.8) is 0 Å². The van der Waals surface area contributed by atoms with Gasteiger partial charge in [-0.05, 0) is 38.8 Å². The van der Waals surface area contributed by atoms with Crippen LogP contribution in [0.1, 0.15) is 26.7 Å². The Kier molecular flexibility index (Phi) is 11.9. The highest BCUT2D eigenvalue weighted by Gasteiger charge is 2.08. The van der Waals surface area contributed by atoms with Crippen molar-refractivity contribution in [2.24, 2.45) is 0 Å². The van der Waals surface area contributed by atoms with E-state index in [-0.39, 0.29) is 17.8 Å². The quantitative estimate of drug-likeness (QED) is 0.413. The molecule has 0 spiro atoms. The van der Waals surface area contributed by atoms with E-state index in [1.54, 1.807) is 9.80 Å². The van der Waals surface area contributed by atoms with Gasteiger partial charge in [-0.1, -0.05) is 13.2 Å². The molecule has 0 aromatic carbocycles. The van der Waals surface area contributed by atoms with Crippen LogP contribution in [0.15, 0.2) is 25.3 Å². The van der Waals surface area contributed by atoms with Crippen molar-refractivity contribution < 1.29 is 14.4 Å². The molecule has 0 aliphatic heterocycles. The third-order valence-corrected chi connectivity index (χ3v) is 3.52. The second-order valence-corrected chi connectivity index (χ2v) is 5.13. The van der Waals surface area contributed by atoms with Crippen LogP contribution in [0.2, 0.25) is 0 Å². The minimum absolute atomic E-state index is 0.100. The van der Waals surface area contributed by atoms with Gasteiger partial charge in [-0.3, -0.25) is 9.59 Å². The summed E-state index contributed by atoms with van der Waals surface area (Å²) >= 11 is 0. The first kappa shape index (κ1) is 21.7. The zero-order chi connectivity index (χ0) is 18.4. The molecule has 7 nitrogen and oxygen atoms in total. The molecule has 0 rings (SSSR count). The Morgan fingerprint density at radius 1 is 0.833 bits per heavy atom. The van der Waals surface area contributed by atoms with Crippen LogP contribution in [0.4, 0.5) is 4.79 Å². The Bertz CT molecular complexity index is 400. The van der Waals surface area contributed by atoms with Crippen LogP contribution >= 0.6 is 0 Å². The van der Waals surface area contributed by atoms with Crippen molar-refractivity contribution in [2.75, 3.05) is 39.3 Å². The van der Waals surface area contributed by atoms with E-state index in [9.17, 15) is 14.4 Å². The predicted octanol–water partition coefficient (Wildman–Crippen LogP) is 1.13. The Morgan fingerprint density at radius 3 is 1.50 bits per heavy atom. The van der Waals surface area contributed by atoms with Gasteiger partial charge in [0.05, 0.1) is 0 Å². The first-order chi connectivity index (χ1) is 11.5. The van der Waals surface area contributed by atoms with Gasteiger partial charge in [-0.15, -0.1) is 0 Å². The molecule has 0 atom stereocenters. The van der Waals surface area contributed by atoms with Crippen molar-refractivity contribution in [2.45, 2.75) is 26.7 Å². The molecule has 0 aliphatic rings. The summed E-state index contributed by atoms with van der Waals surface area (Å²) in [7, 11) is 0. The van der Waals surface area contributed by atoms with Gasteiger partial charge < -0.3 is 20.4 Å². The van der Waals surface area contributed by atoms with Crippen molar-refractivity contribution in [1.82, 2.24) is 20.4 Å². The molecule has 24 heavy (non-hydrogen) atoms. The number of nitrogens with one attached hydrogen (secondary N) is 2. The third kappa shape index (κ3) is 8.97. The normalized spacial score (nSPS) is 9.75. The topological polar surface area (TPSA) is 81.8 Å². The molecule has 7 heteroatoms. The lowest BCUT2D eigenvalue weighted by Crippen LogP contribution is -2.39. The fraction of sp³-hybridized carbons (Fsp3) is 0.588. The maximum atomic E-state index is 11.6. The molecule has 0 saturated carbocycles. The van der Waals surface area contributed by atoms with Crippen molar-refractivity contribution >= 4 is 17.8 Å². The van der Waals surface area contributed by atoms with Crippen LogP contribution in [0.25, 0.3) is 0 Å². The second kappa shape index (κ2) is 13.2. The number of likely N-dealkylation sites (N-methyl/N-ethyl adjacent to an activating group) is 2. The molecule has 0 unspecified atom stereocenters. The van der Waals surface area contributed by atoms with Crippen molar-refractivity contribution in [3.8, 4) is 0 Å². The van der Waals surface area contributed by atoms with Crippen molar-refractivity contribution in [1.29, 1.82) is 0 Å². The lowest BCUT2D eigenvalue weighted by Gasteiger charge is -2.19. The predicted molar refractivity (Wildman–Crippen MR) is 95.5 cm³/mol. The lowest BCUT2D eigenvalue weighted by molar-refractivity contribution is -0.126. The van der Waals surface area contributed by atoms with Crippen LogP contribution in [-0.4, -0.2) is 66.9 Å². The molecule has 0 aliphatic carbocycles. The standard InChI is InChI=1S/C17H30N4O3/c1-5-15(22)20(7-3)13-9-11-18-17(24)19-12-10-14-21(8-4)16(23)6-2/h5-6H,1-2,7-14H2,3-4H3,(H2,18,19,24). The Morgan fingerprint density at radius 2 is 1.21 bits per heavy atom. The van der Waals surface area contributed by atoms with Gasteiger partial charge in [0.25, 0.3) is 0 Å². The third-order valence-electron chi connectivity index (χ3n) is 3.52. The largest absolute Gasteiger partial charge is 0.339 e. The van der Waals surface area contributed by atoms with E-state index < -0.39 is 0 Å². The first-order valence-electron chi connectivity index (χ1n) is 8.34. The highest BCUT2D eigenvalue weighted by Crippen LogP contribution is 1.94. The van der Waals surface area contributed by atoms with E-state index in [1.807, 2.05) is 13.8 Å². The molecule has 0 radical (unpaired) electrons. The average Bonchev–Trinajstić information content (AvgIpc) is 2.60. The van der Waals surface area contributed by atoms with Gasteiger partial charge in [0.2, 0.25) is 11.8 Å². The van der Waals surface area contributed by atoms with Crippen molar-refractivity contribution in [3.05, 3.63) is 25.3 Å². The number of urea groups is 1. The molecular weight excluding hydrogens is 308 g/mol. The van der Waals surface area contributed by atoms with Crippen LogP contribution in [0, 0.1) is 0 Å². The molecule has 0 saturated heterocycles. The van der Waals surface area contributed by atoms with Gasteiger partial charge in [-0.2, -0.15) is 0 Å². The van der Waals surface area contributed by atoms with Gasteiger partial charge >= 0.3 is 6.03 Å². The molecule has 4 amide bonds. The first-order valence-corrected chi connectivity index (χ1v) is 8.34. The molecule has 0 aromatic rings. The van der Waals surface area contributed by atoms with E-state index in [4.69, 9.17) is 0 Å². The minimum Gasteiger partial charge on any atom is -0.339 e. The van der Waals surface area contributed by atoms with Crippen LogP contribution in [-0.2, 0) is 9.59 Å². The summed E-state index contributed by atoms with van der Waals surface area (Å²) in [5.74, 6) is -0.201. The molecule has 136 valence electrons. The van der Waals surface area contributed by atoms with Crippen LogP contribution in [0.3, 0.4) is 0 Å². The van der Waals surface area contributed by atoms with Crippen LogP contribution in [0.5, 0.6) is 0 Å². The monoisotopic (exact) mass is 338 g/mol. The molecule has 0 heterocycles. The number of hydrogen-bond acceptors (Lipinski definition) is 3. The van der Waals surface area contributed by atoms with E-state index in [0.29, 0.717) is 52.1 Å². The number of carbonyl (C=O) groups excluding carboxylic acids is 3. The van der Waals surface area contributed by atoms with Gasteiger partial charge in [0.15, 0.2) is 0 Å². The summed E-state index contributed by atoms with van der Waals surface area (Å²) in [5, 5.41) is 5.49. The molecule has 0 bridgehead atoms. The van der Waals surface area contributed by atoms with Gasteiger partial charge in [0.1, 0.15) is 0 Å². The smallest absolute Gasteiger partial charge is 0.314 e. The lowest BCUT2D eigenvalue weighted by atomic mass is 10.3. The second-order valence-electron chi connectivity index (χ2n) is 5.13. The molecule has 2 N–H and O–H groups in total. The maximum Gasteiger partial charge on any atom is 0.314 e. The minimum atomic E-state index is -0.244. The van der Waals surface area contributed by atoms with Crippen LogP contribution < -0.4 is 10.6 Å². The Balaban J connectivity index is 3.80. The Labute approximate surface area is 144 Å². The number of rotatable bonds is 12. The fourth-order valence-electron chi connectivity index (χ4n) is 2.11. The van der Waals surface area contributed by atoms with E-state index in [1.165, 1.54) is 12.2 Å². The fourth-order valence-corrected chi connectivity index (χ4v) is 2.11. The number of carbonyl (C=O) groups is 3. The summed E-state index contributed by atoms with van der Waals surface area (Å²) in [4.78, 5) is 37.9. The summed E-state index contributed by atoms with van der Waals surface area (Å²) in [6.07, 6.45) is 3.94. The number of nitrogens with zero attached hydrogens (tertiary/aromatic N) is 2. The van der Waals surface area contributed by atoms with Gasteiger partial charge in [0, 0.05) is 39.3 Å². The zero-order valence-electron chi connectivity index (χ0n) is 14.8. The summed E-state index contributed by atoms with van der Waals surface area (Å²) < 4.78 is 0. The summed E-state index contributed by atoms with van der Waals surface area (Å²) in [5.41, 5.74) is 0. The summed E-state index contributed by atoms with van der Waals surface area (Å²) in [6, 6.07) is -0.244. The van der Waals surface area contributed by atoms with Gasteiger partial charge in [-0.25, -0.2) is 4.79 Å². The highest BCUT2D eigenvalue weighted by atomic mass is 16.2. The SMILES string of the molecule is C=CC(=O)N(CC)CCCNC(=O)NCCCN(CC)C(=O)C=C. The molecule has 0 fully saturated rings. The maximum absolute atomic E-state index is 11.6.